The van der Waals surface area contributed by atoms with Crippen molar-refractivity contribution in [1.29, 1.82) is 0 Å². The number of aryl methyl sites for hydroxylation is 1. The number of benzene rings is 1. The molecule has 0 saturated heterocycles. The maximum atomic E-state index is 13.0. The Morgan fingerprint density at radius 3 is 2.83 bits per heavy atom. The average molecular weight is 319 g/mol. The zero-order valence-electron chi connectivity index (χ0n) is 13.1. The minimum Gasteiger partial charge on any atom is -0.394 e. The SMILES string of the molecule is OCCOCc1ncn2c1CN(Cc1ccc(F)cc1)CCC2. The zero-order chi connectivity index (χ0) is 16.1. The monoisotopic (exact) mass is 319 g/mol. The number of hydrogen-bond acceptors (Lipinski definition) is 4. The highest BCUT2D eigenvalue weighted by Crippen LogP contribution is 2.19. The van der Waals surface area contributed by atoms with E-state index in [2.05, 4.69) is 14.5 Å². The summed E-state index contributed by atoms with van der Waals surface area (Å²) in [5.41, 5.74) is 3.21. The molecule has 0 spiro atoms. The largest absolute Gasteiger partial charge is 0.394 e. The summed E-state index contributed by atoms with van der Waals surface area (Å²) >= 11 is 0. The van der Waals surface area contributed by atoms with Crippen molar-refractivity contribution in [3.05, 3.63) is 53.4 Å². The van der Waals surface area contributed by atoms with Crippen LogP contribution >= 0.6 is 0 Å². The van der Waals surface area contributed by atoms with Gasteiger partial charge in [-0.05, 0) is 24.1 Å². The quantitative estimate of drug-likeness (QED) is 0.827. The summed E-state index contributed by atoms with van der Waals surface area (Å²) in [6.45, 7) is 4.31. The van der Waals surface area contributed by atoms with Crippen molar-refractivity contribution in [2.24, 2.45) is 0 Å². The normalized spacial score (nSPS) is 15.4. The fourth-order valence-electron chi connectivity index (χ4n) is 2.92. The lowest BCUT2D eigenvalue weighted by Crippen LogP contribution is -2.23. The van der Waals surface area contributed by atoms with Gasteiger partial charge in [-0.2, -0.15) is 0 Å². The van der Waals surface area contributed by atoms with Crippen molar-refractivity contribution in [1.82, 2.24) is 14.5 Å². The second kappa shape index (κ2) is 7.68. The van der Waals surface area contributed by atoms with Gasteiger partial charge in [0.1, 0.15) is 5.82 Å². The highest BCUT2D eigenvalue weighted by Gasteiger charge is 2.18. The van der Waals surface area contributed by atoms with Crippen LogP contribution in [0.4, 0.5) is 4.39 Å². The molecule has 1 aliphatic heterocycles. The second-order valence-electron chi connectivity index (χ2n) is 5.80. The molecule has 124 valence electrons. The molecule has 2 heterocycles. The fourth-order valence-corrected chi connectivity index (χ4v) is 2.92. The van der Waals surface area contributed by atoms with Gasteiger partial charge in [-0.15, -0.1) is 0 Å². The third kappa shape index (κ3) is 4.16. The van der Waals surface area contributed by atoms with Crippen LogP contribution in [0, 0.1) is 5.82 Å². The minimum absolute atomic E-state index is 0.0206. The number of ether oxygens (including phenoxy) is 1. The number of hydrogen-bond donors (Lipinski definition) is 1. The van der Waals surface area contributed by atoms with Gasteiger partial charge >= 0.3 is 0 Å². The smallest absolute Gasteiger partial charge is 0.123 e. The Morgan fingerprint density at radius 2 is 2.04 bits per heavy atom. The number of halogens is 1. The van der Waals surface area contributed by atoms with Gasteiger partial charge in [0.2, 0.25) is 0 Å². The van der Waals surface area contributed by atoms with Crippen LogP contribution in [0.1, 0.15) is 23.4 Å². The van der Waals surface area contributed by atoms with Gasteiger partial charge in [0.15, 0.2) is 0 Å². The molecule has 5 nitrogen and oxygen atoms in total. The number of aliphatic hydroxyl groups excluding tert-OH is 1. The molecular formula is C17H22FN3O2. The summed E-state index contributed by atoms with van der Waals surface area (Å²) in [7, 11) is 0. The minimum atomic E-state index is -0.203. The molecule has 0 amide bonds. The molecule has 3 rings (SSSR count). The first-order chi connectivity index (χ1) is 11.3. The zero-order valence-corrected chi connectivity index (χ0v) is 13.1. The van der Waals surface area contributed by atoms with Crippen molar-refractivity contribution >= 4 is 0 Å². The van der Waals surface area contributed by atoms with Crippen LogP contribution in [0.2, 0.25) is 0 Å². The van der Waals surface area contributed by atoms with E-state index < -0.39 is 0 Å². The Kier molecular flexibility index (Phi) is 5.38. The van der Waals surface area contributed by atoms with Gasteiger partial charge in [0, 0.05) is 26.2 Å². The van der Waals surface area contributed by atoms with Crippen LogP contribution < -0.4 is 0 Å². The van der Waals surface area contributed by atoms with Gasteiger partial charge in [-0.3, -0.25) is 4.90 Å². The fraction of sp³-hybridized carbons (Fsp3) is 0.471. The topological polar surface area (TPSA) is 50.5 Å². The third-order valence-corrected chi connectivity index (χ3v) is 4.07. The molecule has 1 aliphatic rings. The van der Waals surface area contributed by atoms with E-state index in [0.717, 1.165) is 43.9 Å². The van der Waals surface area contributed by atoms with E-state index >= 15 is 0 Å². The highest BCUT2D eigenvalue weighted by molar-refractivity contribution is 5.17. The highest BCUT2D eigenvalue weighted by atomic mass is 19.1. The number of imidazole rings is 1. The van der Waals surface area contributed by atoms with Gasteiger partial charge in [0.25, 0.3) is 0 Å². The summed E-state index contributed by atoms with van der Waals surface area (Å²) in [4.78, 5) is 6.79. The van der Waals surface area contributed by atoms with Crippen molar-refractivity contribution in [2.45, 2.75) is 32.7 Å². The molecule has 0 saturated carbocycles. The Bertz CT molecular complexity index is 627. The molecule has 1 aromatic heterocycles. The van der Waals surface area contributed by atoms with E-state index in [1.54, 1.807) is 0 Å². The Balaban J connectivity index is 1.69. The van der Waals surface area contributed by atoms with Crippen LogP contribution in [0.3, 0.4) is 0 Å². The maximum absolute atomic E-state index is 13.0. The number of rotatable bonds is 6. The van der Waals surface area contributed by atoms with Crippen molar-refractivity contribution in [3.63, 3.8) is 0 Å². The van der Waals surface area contributed by atoms with Crippen LogP contribution in [-0.2, 0) is 31.0 Å². The molecule has 0 bridgehead atoms. The first-order valence-corrected chi connectivity index (χ1v) is 7.94. The van der Waals surface area contributed by atoms with E-state index in [1.165, 1.54) is 17.8 Å². The first-order valence-electron chi connectivity index (χ1n) is 7.94. The molecule has 0 unspecified atom stereocenters. The molecule has 1 aromatic carbocycles. The molecular weight excluding hydrogens is 297 g/mol. The Labute approximate surface area is 135 Å². The maximum Gasteiger partial charge on any atom is 0.123 e. The van der Waals surface area contributed by atoms with Crippen molar-refractivity contribution in [3.8, 4) is 0 Å². The van der Waals surface area contributed by atoms with E-state index in [0.29, 0.717) is 13.2 Å². The molecule has 2 aromatic rings. The second-order valence-corrected chi connectivity index (χ2v) is 5.80. The van der Waals surface area contributed by atoms with E-state index in [-0.39, 0.29) is 12.4 Å². The molecule has 0 aliphatic carbocycles. The van der Waals surface area contributed by atoms with E-state index in [1.807, 2.05) is 18.5 Å². The van der Waals surface area contributed by atoms with Gasteiger partial charge in [-0.25, -0.2) is 9.37 Å². The van der Waals surface area contributed by atoms with Crippen molar-refractivity contribution in [2.75, 3.05) is 19.8 Å². The molecule has 0 fully saturated rings. The van der Waals surface area contributed by atoms with E-state index in [9.17, 15) is 4.39 Å². The number of fused-ring (bicyclic) bond motifs is 1. The van der Waals surface area contributed by atoms with Crippen LogP contribution in [0.5, 0.6) is 0 Å². The average Bonchev–Trinajstić information content (AvgIpc) is 2.80. The summed E-state index contributed by atoms with van der Waals surface area (Å²) in [5, 5.41) is 8.82. The lowest BCUT2D eigenvalue weighted by molar-refractivity contribution is 0.0790. The molecule has 0 atom stereocenters. The lowest BCUT2D eigenvalue weighted by Gasteiger charge is -2.20. The summed E-state index contributed by atoms with van der Waals surface area (Å²) in [6, 6.07) is 6.68. The standard InChI is InChI=1S/C17H22FN3O2/c18-15-4-2-14(3-5-15)10-20-6-1-7-21-13-19-16(17(21)11-20)12-23-9-8-22/h2-5,13,22H,1,6-12H2. The third-order valence-electron chi connectivity index (χ3n) is 4.07. The Morgan fingerprint density at radius 1 is 1.22 bits per heavy atom. The van der Waals surface area contributed by atoms with Gasteiger partial charge in [0.05, 0.1) is 37.5 Å². The van der Waals surface area contributed by atoms with Crippen LogP contribution in [0.25, 0.3) is 0 Å². The summed E-state index contributed by atoms with van der Waals surface area (Å²) in [5.74, 6) is -0.203. The number of aliphatic hydroxyl groups is 1. The summed E-state index contributed by atoms with van der Waals surface area (Å²) in [6.07, 6.45) is 2.93. The Hall–Kier alpha value is -1.76. The van der Waals surface area contributed by atoms with Gasteiger partial charge < -0.3 is 14.4 Å². The summed E-state index contributed by atoms with van der Waals surface area (Å²) < 4.78 is 20.6. The molecule has 0 radical (unpaired) electrons. The number of nitrogens with zero attached hydrogens (tertiary/aromatic N) is 3. The van der Waals surface area contributed by atoms with Crippen molar-refractivity contribution < 1.29 is 14.2 Å². The molecule has 23 heavy (non-hydrogen) atoms. The van der Waals surface area contributed by atoms with Crippen LogP contribution in [-0.4, -0.2) is 39.3 Å². The predicted octanol–water partition coefficient (Wildman–Crippen LogP) is 1.94. The van der Waals surface area contributed by atoms with Crippen LogP contribution in [0.15, 0.2) is 30.6 Å². The molecule has 6 heteroatoms. The predicted molar refractivity (Wildman–Crippen MR) is 84.1 cm³/mol. The lowest BCUT2D eigenvalue weighted by atomic mass is 10.2. The number of aromatic nitrogens is 2. The van der Waals surface area contributed by atoms with E-state index in [4.69, 9.17) is 9.84 Å². The molecule has 1 N–H and O–H groups in total. The van der Waals surface area contributed by atoms with Gasteiger partial charge in [-0.1, -0.05) is 12.1 Å². The first kappa shape index (κ1) is 16.1.